The second-order valence-electron chi connectivity index (χ2n) is 5.54. The number of hydrogen-bond acceptors (Lipinski definition) is 3. The normalized spacial score (nSPS) is 10.5. The van der Waals surface area contributed by atoms with Crippen LogP contribution in [0.15, 0.2) is 66.7 Å². The first kappa shape index (κ1) is 17.1. The van der Waals surface area contributed by atoms with Crippen LogP contribution in [-0.4, -0.2) is 5.11 Å². The molecule has 2 N–H and O–H groups in total. The number of benzene rings is 3. The van der Waals surface area contributed by atoms with Gasteiger partial charge in [-0.05, 0) is 54.1 Å². The summed E-state index contributed by atoms with van der Waals surface area (Å²) in [4.78, 5) is 0. The molecule has 5 heteroatoms. The molecule has 0 spiro atoms. The van der Waals surface area contributed by atoms with Crippen molar-refractivity contribution in [3.8, 4) is 11.5 Å². The Morgan fingerprint density at radius 1 is 1.00 bits per heavy atom. The third-order valence-electron chi connectivity index (χ3n) is 3.71. The lowest BCUT2D eigenvalue weighted by Crippen LogP contribution is -2.02. The van der Waals surface area contributed by atoms with E-state index in [1.807, 2.05) is 24.3 Å². The summed E-state index contributed by atoms with van der Waals surface area (Å²) in [5.74, 6) is 0.495. The minimum Gasteiger partial charge on any atom is -0.508 e. The van der Waals surface area contributed by atoms with E-state index in [-0.39, 0.29) is 18.2 Å². The Hall–Kier alpha value is -2.72. The van der Waals surface area contributed by atoms with E-state index < -0.39 is 0 Å². The zero-order chi connectivity index (χ0) is 17.6. The summed E-state index contributed by atoms with van der Waals surface area (Å²) in [6.45, 7) is 0.669. The molecule has 0 saturated carbocycles. The maximum Gasteiger partial charge on any atom is 0.131 e. The van der Waals surface area contributed by atoms with Crippen LogP contribution < -0.4 is 10.1 Å². The molecule has 0 amide bonds. The molecule has 0 aliphatic carbocycles. The van der Waals surface area contributed by atoms with E-state index >= 15 is 0 Å². The van der Waals surface area contributed by atoms with Gasteiger partial charge < -0.3 is 15.2 Å². The molecule has 3 nitrogen and oxygen atoms in total. The summed E-state index contributed by atoms with van der Waals surface area (Å²) >= 11 is 6.01. The minimum atomic E-state index is -0.377. The van der Waals surface area contributed by atoms with Crippen molar-refractivity contribution in [3.05, 3.63) is 88.7 Å². The number of halogens is 2. The Labute approximate surface area is 150 Å². The maximum absolute atomic E-state index is 13.8. The number of hydrogen-bond donors (Lipinski definition) is 2. The fourth-order valence-corrected chi connectivity index (χ4v) is 2.57. The lowest BCUT2D eigenvalue weighted by molar-refractivity contribution is 0.299. The number of anilines is 1. The molecule has 3 aromatic carbocycles. The van der Waals surface area contributed by atoms with Gasteiger partial charge in [-0.15, -0.1) is 0 Å². The predicted molar refractivity (Wildman–Crippen MR) is 97.6 cm³/mol. The topological polar surface area (TPSA) is 41.5 Å². The second kappa shape index (κ2) is 7.90. The molecule has 128 valence electrons. The van der Waals surface area contributed by atoms with Crippen LogP contribution in [0.3, 0.4) is 0 Å². The zero-order valence-electron chi connectivity index (χ0n) is 13.4. The van der Waals surface area contributed by atoms with E-state index in [2.05, 4.69) is 5.32 Å². The Morgan fingerprint density at radius 2 is 1.76 bits per heavy atom. The molecule has 0 bridgehead atoms. The number of phenolic OH excluding ortho intramolecular Hbond substituents is 1. The van der Waals surface area contributed by atoms with Gasteiger partial charge in [0.1, 0.15) is 23.9 Å². The standard InChI is InChI=1S/C20H17ClFNO2/c21-19-5-2-6-20(22)18(19)13-25-17-4-1-3-14(11-17)12-23-15-7-9-16(24)10-8-15/h1-11,23-24H,12-13H2. The Balaban J connectivity index is 1.62. The molecule has 3 rings (SSSR count). The largest absolute Gasteiger partial charge is 0.508 e. The van der Waals surface area contributed by atoms with Crippen molar-refractivity contribution in [3.63, 3.8) is 0 Å². The van der Waals surface area contributed by atoms with E-state index in [0.29, 0.717) is 22.9 Å². The highest BCUT2D eigenvalue weighted by atomic mass is 35.5. The van der Waals surface area contributed by atoms with Crippen LogP contribution in [0.4, 0.5) is 10.1 Å². The van der Waals surface area contributed by atoms with Gasteiger partial charge in [-0.3, -0.25) is 0 Å². The van der Waals surface area contributed by atoms with Gasteiger partial charge in [0.05, 0.1) is 5.02 Å². The summed E-state index contributed by atoms with van der Waals surface area (Å²) < 4.78 is 19.5. The van der Waals surface area contributed by atoms with Crippen LogP contribution >= 0.6 is 11.6 Å². The fourth-order valence-electron chi connectivity index (χ4n) is 2.35. The van der Waals surface area contributed by atoms with Crippen molar-refractivity contribution >= 4 is 17.3 Å². The molecule has 3 aromatic rings. The van der Waals surface area contributed by atoms with Crippen LogP contribution in [0.2, 0.25) is 5.02 Å². The van der Waals surface area contributed by atoms with Gasteiger partial charge in [0.2, 0.25) is 0 Å². The van der Waals surface area contributed by atoms with E-state index in [9.17, 15) is 9.50 Å². The van der Waals surface area contributed by atoms with E-state index in [1.165, 1.54) is 6.07 Å². The smallest absolute Gasteiger partial charge is 0.131 e. The van der Waals surface area contributed by atoms with Gasteiger partial charge in [0, 0.05) is 17.8 Å². The molecular weight excluding hydrogens is 341 g/mol. The Kier molecular flexibility index (Phi) is 5.41. The molecule has 0 fully saturated rings. The first-order chi connectivity index (χ1) is 12.1. The molecular formula is C20H17ClFNO2. The molecule has 0 atom stereocenters. The third-order valence-corrected chi connectivity index (χ3v) is 4.06. The molecule has 0 saturated heterocycles. The van der Waals surface area contributed by atoms with Gasteiger partial charge in [-0.1, -0.05) is 29.8 Å². The Bertz CT molecular complexity index is 832. The highest BCUT2D eigenvalue weighted by molar-refractivity contribution is 6.31. The van der Waals surface area contributed by atoms with Crippen LogP contribution in [0.25, 0.3) is 0 Å². The quantitative estimate of drug-likeness (QED) is 0.582. The molecule has 0 aliphatic rings. The summed E-state index contributed by atoms with van der Waals surface area (Å²) in [7, 11) is 0. The summed E-state index contributed by atoms with van der Waals surface area (Å²) in [5, 5.41) is 12.9. The van der Waals surface area contributed by atoms with Crippen molar-refractivity contribution in [2.45, 2.75) is 13.2 Å². The minimum absolute atomic E-state index is 0.0698. The molecule has 0 aromatic heterocycles. The van der Waals surface area contributed by atoms with E-state index in [0.717, 1.165) is 11.3 Å². The molecule has 0 radical (unpaired) electrons. The predicted octanol–water partition coefficient (Wildman–Crippen LogP) is 5.38. The highest BCUT2D eigenvalue weighted by Crippen LogP contribution is 2.22. The van der Waals surface area contributed by atoms with Crippen LogP contribution in [-0.2, 0) is 13.2 Å². The average Bonchev–Trinajstić information content (AvgIpc) is 2.61. The SMILES string of the molecule is Oc1ccc(NCc2cccc(OCc3c(F)cccc3Cl)c2)cc1. The van der Waals surface area contributed by atoms with Crippen molar-refractivity contribution in [1.29, 1.82) is 0 Å². The second-order valence-corrected chi connectivity index (χ2v) is 5.94. The number of phenols is 1. The van der Waals surface area contributed by atoms with Crippen molar-refractivity contribution in [2.24, 2.45) is 0 Å². The van der Waals surface area contributed by atoms with Gasteiger partial charge in [-0.25, -0.2) is 4.39 Å². The third kappa shape index (κ3) is 4.64. The molecule has 25 heavy (non-hydrogen) atoms. The summed E-state index contributed by atoms with van der Waals surface area (Å²) in [6, 6.07) is 19.0. The van der Waals surface area contributed by atoms with Crippen molar-refractivity contribution in [2.75, 3.05) is 5.32 Å². The van der Waals surface area contributed by atoms with Crippen LogP contribution in [0.1, 0.15) is 11.1 Å². The lowest BCUT2D eigenvalue weighted by atomic mass is 10.2. The van der Waals surface area contributed by atoms with Crippen molar-refractivity contribution in [1.82, 2.24) is 0 Å². The number of ether oxygens (including phenoxy) is 1. The number of nitrogens with one attached hydrogen (secondary N) is 1. The summed E-state index contributed by atoms with van der Waals surface area (Å²) in [5.41, 5.74) is 2.27. The first-order valence-corrected chi connectivity index (χ1v) is 8.17. The van der Waals surface area contributed by atoms with Gasteiger partial charge in [-0.2, -0.15) is 0 Å². The first-order valence-electron chi connectivity index (χ1n) is 7.79. The molecule has 0 aliphatic heterocycles. The van der Waals surface area contributed by atoms with Crippen LogP contribution in [0.5, 0.6) is 11.5 Å². The van der Waals surface area contributed by atoms with Crippen molar-refractivity contribution < 1.29 is 14.2 Å². The molecule has 0 heterocycles. The van der Waals surface area contributed by atoms with Gasteiger partial charge >= 0.3 is 0 Å². The van der Waals surface area contributed by atoms with E-state index in [4.69, 9.17) is 16.3 Å². The maximum atomic E-state index is 13.8. The van der Waals surface area contributed by atoms with Gasteiger partial charge in [0.15, 0.2) is 0 Å². The number of rotatable bonds is 6. The zero-order valence-corrected chi connectivity index (χ0v) is 14.1. The monoisotopic (exact) mass is 357 g/mol. The highest BCUT2D eigenvalue weighted by Gasteiger charge is 2.08. The number of aromatic hydroxyl groups is 1. The lowest BCUT2D eigenvalue weighted by Gasteiger charge is -2.11. The van der Waals surface area contributed by atoms with Crippen LogP contribution in [0, 0.1) is 5.82 Å². The van der Waals surface area contributed by atoms with Gasteiger partial charge in [0.25, 0.3) is 0 Å². The van der Waals surface area contributed by atoms with E-state index in [1.54, 1.807) is 36.4 Å². The molecule has 0 unspecified atom stereocenters. The summed E-state index contributed by atoms with van der Waals surface area (Å²) in [6.07, 6.45) is 0. The fraction of sp³-hybridized carbons (Fsp3) is 0.100. The average molecular weight is 358 g/mol. The Morgan fingerprint density at radius 3 is 2.52 bits per heavy atom.